The van der Waals surface area contributed by atoms with Gasteiger partial charge in [-0.25, -0.2) is 4.79 Å². The molecule has 0 aliphatic heterocycles. The molecule has 0 saturated heterocycles. The van der Waals surface area contributed by atoms with Crippen molar-refractivity contribution >= 4 is 18.0 Å². The Balaban J connectivity index is 2.04. The highest BCUT2D eigenvalue weighted by atomic mass is 16.6. The quantitative estimate of drug-likeness (QED) is 0.387. The number of amides is 2. The Morgan fingerprint density at radius 3 is 2.44 bits per heavy atom. The fraction of sp³-hybridized carbons (Fsp3) is 0.583. The number of nitrogens with two attached hydrogens (primary N) is 1. The molecule has 34 heavy (non-hydrogen) atoms. The number of hydrogen-bond acceptors (Lipinski definition) is 8. The molecule has 0 spiro atoms. The van der Waals surface area contributed by atoms with Crippen molar-refractivity contribution in [3.63, 3.8) is 0 Å². The zero-order valence-electron chi connectivity index (χ0n) is 20.6. The SMILES string of the molecule is CC(C)[C@H](C[C@H](O)[C@H](Cc1ccccc1)NC(=O)OC(C)(C)C)C(=O)NCCc1noc(N)n1. The van der Waals surface area contributed by atoms with Crippen LogP contribution in [-0.4, -0.2) is 51.5 Å². The largest absolute Gasteiger partial charge is 0.444 e. The molecule has 2 rings (SSSR count). The lowest BCUT2D eigenvalue weighted by Gasteiger charge is -2.30. The van der Waals surface area contributed by atoms with Crippen LogP contribution in [0, 0.1) is 11.8 Å². The molecule has 0 unspecified atom stereocenters. The minimum Gasteiger partial charge on any atom is -0.444 e. The summed E-state index contributed by atoms with van der Waals surface area (Å²) in [5.41, 5.74) is 5.69. The fourth-order valence-corrected chi connectivity index (χ4v) is 3.51. The molecule has 188 valence electrons. The van der Waals surface area contributed by atoms with Crippen molar-refractivity contribution in [3.8, 4) is 0 Å². The van der Waals surface area contributed by atoms with Gasteiger partial charge in [0.05, 0.1) is 12.1 Å². The van der Waals surface area contributed by atoms with Crippen LogP contribution in [0.5, 0.6) is 0 Å². The Hall–Kier alpha value is -3.14. The van der Waals surface area contributed by atoms with Crippen LogP contribution in [-0.2, 0) is 22.4 Å². The van der Waals surface area contributed by atoms with E-state index in [2.05, 4.69) is 20.8 Å². The van der Waals surface area contributed by atoms with Gasteiger partial charge in [-0.3, -0.25) is 4.79 Å². The van der Waals surface area contributed by atoms with Crippen molar-refractivity contribution in [2.45, 2.75) is 71.6 Å². The minimum atomic E-state index is -0.970. The van der Waals surface area contributed by atoms with Gasteiger partial charge < -0.3 is 30.7 Å². The first-order chi connectivity index (χ1) is 15.9. The number of anilines is 1. The van der Waals surface area contributed by atoms with E-state index in [9.17, 15) is 14.7 Å². The number of alkyl carbamates (subject to hydrolysis) is 1. The highest BCUT2D eigenvalue weighted by Gasteiger charge is 2.31. The van der Waals surface area contributed by atoms with Crippen LogP contribution in [0.1, 0.15) is 52.4 Å². The van der Waals surface area contributed by atoms with Gasteiger partial charge in [-0.2, -0.15) is 4.98 Å². The lowest BCUT2D eigenvalue weighted by atomic mass is 9.86. The zero-order valence-corrected chi connectivity index (χ0v) is 20.6. The molecule has 0 bridgehead atoms. The van der Waals surface area contributed by atoms with Crippen LogP contribution in [0.2, 0.25) is 0 Å². The molecule has 1 aromatic heterocycles. The molecule has 2 aromatic rings. The monoisotopic (exact) mass is 475 g/mol. The van der Waals surface area contributed by atoms with E-state index in [1.807, 2.05) is 44.2 Å². The molecule has 0 radical (unpaired) electrons. The first-order valence-corrected chi connectivity index (χ1v) is 11.5. The number of hydrogen-bond donors (Lipinski definition) is 4. The second-order valence-electron chi connectivity index (χ2n) is 9.69. The molecule has 0 aliphatic rings. The molecule has 2 amide bonds. The number of benzene rings is 1. The molecule has 0 aliphatic carbocycles. The normalized spacial score (nSPS) is 14.3. The van der Waals surface area contributed by atoms with Crippen molar-refractivity contribution in [1.82, 2.24) is 20.8 Å². The standard InChI is InChI=1S/C24H37N5O5/c1-15(2)17(21(31)26-12-11-20-28-22(25)34-29-20)14-19(30)18(13-16-9-7-6-8-10-16)27-23(32)33-24(3,4)5/h6-10,15,17-19,30H,11-14H2,1-5H3,(H,26,31)(H,27,32)(H2,25,28,29)/t17-,18-,19-/m0/s1. The van der Waals surface area contributed by atoms with Crippen molar-refractivity contribution in [3.05, 3.63) is 41.7 Å². The summed E-state index contributed by atoms with van der Waals surface area (Å²) < 4.78 is 10.1. The summed E-state index contributed by atoms with van der Waals surface area (Å²) in [5, 5.41) is 20.5. The Labute approximate surface area is 200 Å². The summed E-state index contributed by atoms with van der Waals surface area (Å²) in [5.74, 6) is -0.289. The predicted octanol–water partition coefficient (Wildman–Crippen LogP) is 2.47. The van der Waals surface area contributed by atoms with Gasteiger partial charge in [-0.05, 0) is 45.1 Å². The molecule has 3 atom stereocenters. The maximum absolute atomic E-state index is 12.9. The van der Waals surface area contributed by atoms with E-state index in [1.54, 1.807) is 20.8 Å². The van der Waals surface area contributed by atoms with E-state index in [0.717, 1.165) is 5.56 Å². The number of aliphatic hydroxyl groups is 1. The lowest BCUT2D eigenvalue weighted by Crippen LogP contribution is -2.48. The molecule has 0 saturated carbocycles. The molecule has 10 nitrogen and oxygen atoms in total. The fourth-order valence-electron chi connectivity index (χ4n) is 3.51. The number of carbonyl (C=O) groups is 2. The average Bonchev–Trinajstić information content (AvgIpc) is 3.15. The van der Waals surface area contributed by atoms with E-state index in [1.165, 1.54) is 0 Å². The number of ether oxygens (including phenoxy) is 1. The van der Waals surface area contributed by atoms with Crippen LogP contribution in [0.15, 0.2) is 34.9 Å². The van der Waals surface area contributed by atoms with E-state index in [4.69, 9.17) is 15.0 Å². The summed E-state index contributed by atoms with van der Waals surface area (Å²) in [4.78, 5) is 29.2. The summed E-state index contributed by atoms with van der Waals surface area (Å²) in [6, 6.07) is 8.89. The number of nitrogen functional groups attached to an aromatic ring is 1. The van der Waals surface area contributed by atoms with Crippen LogP contribution in [0.25, 0.3) is 0 Å². The molecule has 5 N–H and O–H groups in total. The first-order valence-electron chi connectivity index (χ1n) is 11.5. The zero-order chi connectivity index (χ0) is 25.3. The van der Waals surface area contributed by atoms with Gasteiger partial charge in [-0.15, -0.1) is 0 Å². The predicted molar refractivity (Wildman–Crippen MR) is 128 cm³/mol. The van der Waals surface area contributed by atoms with Crippen molar-refractivity contribution in [1.29, 1.82) is 0 Å². The third-order valence-corrected chi connectivity index (χ3v) is 5.23. The minimum absolute atomic E-state index is 0.0218. The van der Waals surface area contributed by atoms with Gasteiger partial charge in [0.1, 0.15) is 5.60 Å². The molecule has 1 heterocycles. The number of carbonyl (C=O) groups excluding carboxylic acids is 2. The number of nitrogens with zero attached hydrogens (tertiary/aromatic N) is 2. The summed E-state index contributed by atoms with van der Waals surface area (Å²) in [7, 11) is 0. The van der Waals surface area contributed by atoms with Gasteiger partial charge in [-0.1, -0.05) is 49.3 Å². The summed E-state index contributed by atoms with van der Waals surface area (Å²) in [6.07, 6.45) is -0.643. The second-order valence-corrected chi connectivity index (χ2v) is 9.69. The Morgan fingerprint density at radius 2 is 1.88 bits per heavy atom. The lowest BCUT2D eigenvalue weighted by molar-refractivity contribution is -0.127. The molecule has 10 heteroatoms. The van der Waals surface area contributed by atoms with Crippen LogP contribution >= 0.6 is 0 Å². The number of nitrogens with one attached hydrogen (secondary N) is 2. The number of aromatic nitrogens is 2. The Morgan fingerprint density at radius 1 is 1.21 bits per heavy atom. The highest BCUT2D eigenvalue weighted by molar-refractivity contribution is 5.79. The average molecular weight is 476 g/mol. The molecular formula is C24H37N5O5. The highest BCUT2D eigenvalue weighted by Crippen LogP contribution is 2.21. The molecular weight excluding hydrogens is 438 g/mol. The maximum Gasteiger partial charge on any atom is 0.407 e. The van der Waals surface area contributed by atoms with E-state index < -0.39 is 29.8 Å². The van der Waals surface area contributed by atoms with Gasteiger partial charge in [0.15, 0.2) is 5.82 Å². The summed E-state index contributed by atoms with van der Waals surface area (Å²) >= 11 is 0. The third-order valence-electron chi connectivity index (χ3n) is 5.23. The number of rotatable bonds is 11. The smallest absolute Gasteiger partial charge is 0.407 e. The van der Waals surface area contributed by atoms with E-state index >= 15 is 0 Å². The topological polar surface area (TPSA) is 153 Å². The maximum atomic E-state index is 12.9. The van der Waals surface area contributed by atoms with Gasteiger partial charge >= 0.3 is 12.1 Å². The van der Waals surface area contributed by atoms with Crippen molar-refractivity contribution < 1.29 is 24.0 Å². The van der Waals surface area contributed by atoms with Crippen LogP contribution in [0.4, 0.5) is 10.8 Å². The summed E-state index contributed by atoms with van der Waals surface area (Å²) in [6.45, 7) is 9.47. The first kappa shape index (κ1) is 27.1. The van der Waals surface area contributed by atoms with Crippen LogP contribution in [0.3, 0.4) is 0 Å². The van der Waals surface area contributed by atoms with E-state index in [0.29, 0.717) is 25.2 Å². The van der Waals surface area contributed by atoms with Gasteiger partial charge in [0.2, 0.25) is 5.91 Å². The van der Waals surface area contributed by atoms with E-state index in [-0.39, 0.29) is 24.3 Å². The molecule has 0 fully saturated rings. The Bertz CT molecular complexity index is 910. The van der Waals surface area contributed by atoms with Gasteiger partial charge in [0, 0.05) is 18.9 Å². The van der Waals surface area contributed by atoms with Gasteiger partial charge in [0.25, 0.3) is 0 Å². The third kappa shape index (κ3) is 9.38. The number of aliphatic hydroxyl groups excluding tert-OH is 1. The van der Waals surface area contributed by atoms with Crippen molar-refractivity contribution in [2.75, 3.05) is 12.3 Å². The van der Waals surface area contributed by atoms with Crippen LogP contribution < -0.4 is 16.4 Å². The second kappa shape index (κ2) is 12.4. The Kier molecular flexibility index (Phi) is 9.85. The molecule has 1 aromatic carbocycles. The van der Waals surface area contributed by atoms with Crippen molar-refractivity contribution in [2.24, 2.45) is 11.8 Å².